The van der Waals surface area contributed by atoms with Crippen molar-refractivity contribution in [1.29, 1.82) is 0 Å². The molecule has 0 heterocycles. The number of carbonyl (C=O) groups excluding carboxylic acids is 4. The van der Waals surface area contributed by atoms with Crippen LogP contribution in [-0.2, 0) is 30.3 Å². The van der Waals surface area contributed by atoms with E-state index in [1.165, 1.54) is 24.3 Å². The topological polar surface area (TPSA) is 134 Å². The third-order valence-corrected chi connectivity index (χ3v) is 6.53. The fraction of sp³-hybridized carbons (Fsp3) is 0.471. The van der Waals surface area contributed by atoms with Crippen molar-refractivity contribution >= 4 is 23.9 Å². The molecule has 238 valence electrons. The summed E-state index contributed by atoms with van der Waals surface area (Å²) in [5, 5.41) is 15.3. The molecule has 10 heteroatoms. The van der Waals surface area contributed by atoms with E-state index >= 15 is 0 Å². The lowest BCUT2D eigenvalue weighted by atomic mass is 9.96. The molecule has 10 nitrogen and oxygen atoms in total. The van der Waals surface area contributed by atoms with Gasteiger partial charge in [-0.2, -0.15) is 0 Å². The van der Waals surface area contributed by atoms with E-state index in [2.05, 4.69) is 16.7 Å². The fourth-order valence-corrected chi connectivity index (χ4v) is 4.27. The second-order valence-electron chi connectivity index (χ2n) is 12.6. The zero-order valence-electron chi connectivity index (χ0n) is 26.8. The maximum atomic E-state index is 14.1. The maximum absolute atomic E-state index is 14.1. The van der Waals surface area contributed by atoms with Gasteiger partial charge in [0.2, 0.25) is 5.91 Å². The van der Waals surface area contributed by atoms with Gasteiger partial charge in [0.1, 0.15) is 35.1 Å². The highest BCUT2D eigenvalue weighted by molar-refractivity contribution is 5.95. The molecule has 4 unspecified atom stereocenters. The number of terminal acetylenes is 1. The number of hydrogen-bond donors (Lipinski definition) is 3. The molecule has 0 saturated heterocycles. The fourth-order valence-electron chi connectivity index (χ4n) is 4.27. The van der Waals surface area contributed by atoms with Crippen molar-refractivity contribution in [3.8, 4) is 18.2 Å². The van der Waals surface area contributed by atoms with Crippen molar-refractivity contribution in [2.24, 2.45) is 5.92 Å². The molecule has 0 aliphatic heterocycles. The Bertz CT molecular complexity index is 1320. The van der Waals surface area contributed by atoms with E-state index in [4.69, 9.17) is 15.9 Å². The number of amides is 3. The Labute approximate surface area is 260 Å². The Kier molecular flexibility index (Phi) is 12.4. The maximum Gasteiger partial charge on any atom is 0.408 e. The Morgan fingerprint density at radius 2 is 1.48 bits per heavy atom. The van der Waals surface area contributed by atoms with E-state index in [0.717, 1.165) is 10.5 Å². The number of aromatic hydroxyl groups is 1. The summed E-state index contributed by atoms with van der Waals surface area (Å²) in [6, 6.07) is 13.4. The highest BCUT2D eigenvalue weighted by Crippen LogP contribution is 2.26. The quantitative estimate of drug-likeness (QED) is 0.189. The highest BCUT2D eigenvalue weighted by Gasteiger charge is 2.39. The second kappa shape index (κ2) is 15.3. The number of alkyl carbamates (subject to hydrolysis) is 1. The number of esters is 1. The molecule has 3 N–H and O–H groups in total. The van der Waals surface area contributed by atoms with Gasteiger partial charge in [-0.3, -0.25) is 14.5 Å². The summed E-state index contributed by atoms with van der Waals surface area (Å²) >= 11 is 0. The molecule has 4 atom stereocenters. The minimum absolute atomic E-state index is 0.0636. The summed E-state index contributed by atoms with van der Waals surface area (Å²) in [7, 11) is 0. The summed E-state index contributed by atoms with van der Waals surface area (Å²) in [6.07, 6.45) is 5.68. The van der Waals surface area contributed by atoms with Gasteiger partial charge in [0.25, 0.3) is 5.91 Å². The van der Waals surface area contributed by atoms with Crippen LogP contribution in [0.25, 0.3) is 0 Å². The van der Waals surface area contributed by atoms with E-state index < -0.39 is 53.2 Å². The van der Waals surface area contributed by atoms with Gasteiger partial charge in [-0.05, 0) is 70.7 Å². The Hall–Kier alpha value is -4.52. The minimum atomic E-state index is -1.43. The van der Waals surface area contributed by atoms with Gasteiger partial charge in [-0.25, -0.2) is 9.59 Å². The van der Waals surface area contributed by atoms with Crippen molar-refractivity contribution in [3.63, 3.8) is 0 Å². The molecule has 0 aliphatic carbocycles. The van der Waals surface area contributed by atoms with E-state index in [0.29, 0.717) is 6.42 Å². The minimum Gasteiger partial charge on any atom is -0.508 e. The summed E-state index contributed by atoms with van der Waals surface area (Å²) in [6.45, 7) is 13.9. The van der Waals surface area contributed by atoms with Crippen LogP contribution in [0.15, 0.2) is 54.6 Å². The van der Waals surface area contributed by atoms with Crippen LogP contribution in [0.4, 0.5) is 4.79 Å². The van der Waals surface area contributed by atoms with E-state index in [1.54, 1.807) is 48.5 Å². The van der Waals surface area contributed by atoms with Gasteiger partial charge >= 0.3 is 12.1 Å². The monoisotopic (exact) mass is 607 g/mol. The van der Waals surface area contributed by atoms with Gasteiger partial charge in [0, 0.05) is 12.5 Å². The molecule has 0 spiro atoms. The van der Waals surface area contributed by atoms with Crippen LogP contribution in [0.5, 0.6) is 5.75 Å². The van der Waals surface area contributed by atoms with Gasteiger partial charge in [-0.15, -0.1) is 0 Å². The number of nitrogens with one attached hydrogen (secondary N) is 2. The number of phenolic OH excluding ortho intramolecular Hbond substituents is 1. The predicted octanol–water partition coefficient (Wildman–Crippen LogP) is 4.86. The van der Waals surface area contributed by atoms with Gasteiger partial charge in [-0.1, -0.05) is 69.2 Å². The van der Waals surface area contributed by atoms with Crippen molar-refractivity contribution < 1.29 is 33.8 Å². The molecular formula is C34H45N3O7. The van der Waals surface area contributed by atoms with Gasteiger partial charge in [0.15, 0.2) is 0 Å². The Morgan fingerprint density at radius 1 is 0.909 bits per heavy atom. The number of phenols is 1. The number of rotatable bonds is 11. The van der Waals surface area contributed by atoms with E-state index in [9.17, 15) is 24.3 Å². The van der Waals surface area contributed by atoms with Crippen molar-refractivity contribution in [1.82, 2.24) is 15.5 Å². The third kappa shape index (κ3) is 11.0. The summed E-state index contributed by atoms with van der Waals surface area (Å²) < 4.78 is 11.0. The van der Waals surface area contributed by atoms with E-state index in [1.807, 2.05) is 37.3 Å². The van der Waals surface area contributed by atoms with Gasteiger partial charge < -0.3 is 25.2 Å². The van der Waals surface area contributed by atoms with E-state index in [-0.39, 0.29) is 23.7 Å². The lowest BCUT2D eigenvalue weighted by Gasteiger charge is -2.33. The van der Waals surface area contributed by atoms with Crippen LogP contribution in [0, 0.1) is 18.4 Å². The van der Waals surface area contributed by atoms with Crippen molar-refractivity contribution in [3.05, 3.63) is 65.7 Å². The van der Waals surface area contributed by atoms with Crippen molar-refractivity contribution in [2.75, 3.05) is 0 Å². The normalized spacial score (nSPS) is 14.2. The Morgan fingerprint density at radius 3 is 1.98 bits per heavy atom. The average Bonchev–Trinajstić information content (AvgIpc) is 2.92. The SMILES string of the molecule is C#CN(C(=O)C(NC(=O)OC(C)(C)C)C(C)CC)C(C(=O)NC(Cc1ccccc1)C(=O)OC(C)(C)C)c1ccc(O)cc1. The summed E-state index contributed by atoms with van der Waals surface area (Å²) in [5.74, 6) is -2.60. The lowest BCUT2D eigenvalue weighted by molar-refractivity contribution is -0.159. The molecular weight excluding hydrogens is 562 g/mol. The number of hydrogen-bond acceptors (Lipinski definition) is 7. The smallest absolute Gasteiger partial charge is 0.408 e. The molecule has 3 amide bonds. The molecule has 0 aromatic heterocycles. The zero-order chi connectivity index (χ0) is 33.2. The molecule has 44 heavy (non-hydrogen) atoms. The van der Waals surface area contributed by atoms with Crippen LogP contribution >= 0.6 is 0 Å². The Balaban J connectivity index is 2.54. The van der Waals surface area contributed by atoms with Crippen LogP contribution in [0.3, 0.4) is 0 Å². The first kappa shape index (κ1) is 35.7. The first-order chi connectivity index (χ1) is 20.5. The predicted molar refractivity (Wildman–Crippen MR) is 167 cm³/mol. The average molecular weight is 608 g/mol. The van der Waals surface area contributed by atoms with Crippen LogP contribution < -0.4 is 10.6 Å². The second-order valence-corrected chi connectivity index (χ2v) is 12.6. The molecule has 0 aliphatic rings. The zero-order valence-corrected chi connectivity index (χ0v) is 26.8. The molecule has 0 fully saturated rings. The molecule has 2 aromatic carbocycles. The number of carbonyl (C=O) groups is 4. The van der Waals surface area contributed by atoms with Crippen LogP contribution in [0.2, 0.25) is 0 Å². The molecule has 0 radical (unpaired) electrons. The number of ether oxygens (including phenoxy) is 2. The van der Waals surface area contributed by atoms with Gasteiger partial charge in [0.05, 0.1) is 0 Å². The van der Waals surface area contributed by atoms with Crippen LogP contribution in [0.1, 0.15) is 79.0 Å². The summed E-state index contributed by atoms with van der Waals surface area (Å²) in [4.78, 5) is 55.0. The molecule has 2 aromatic rings. The molecule has 0 saturated carbocycles. The molecule has 0 bridgehead atoms. The summed E-state index contributed by atoms with van der Waals surface area (Å²) in [5.41, 5.74) is -0.601. The standard InChI is InChI=1S/C34H45N3O7/c1-10-22(3)27(36-32(42)44-34(7,8)9)30(40)37(11-2)28(24-17-19-25(38)20-18-24)29(39)35-26(31(41)43-33(4,5)6)21-23-15-13-12-14-16-23/h2,12-20,22,26-28,38H,10,21H2,1,3-9H3,(H,35,39)(H,36,42). The number of benzene rings is 2. The first-order valence-corrected chi connectivity index (χ1v) is 14.6. The largest absolute Gasteiger partial charge is 0.508 e. The first-order valence-electron chi connectivity index (χ1n) is 14.6. The number of nitrogens with zero attached hydrogens (tertiary/aromatic N) is 1. The van der Waals surface area contributed by atoms with Crippen LogP contribution in [-0.4, -0.2) is 57.2 Å². The lowest BCUT2D eigenvalue weighted by Crippen LogP contribution is -2.55. The molecule has 2 rings (SSSR count). The highest BCUT2D eigenvalue weighted by atomic mass is 16.6. The van der Waals surface area contributed by atoms with Crippen molar-refractivity contribution in [2.45, 2.75) is 97.6 Å². The third-order valence-electron chi connectivity index (χ3n) is 6.53.